The second kappa shape index (κ2) is 7.21. The molecule has 1 saturated heterocycles. The summed E-state index contributed by atoms with van der Waals surface area (Å²) in [5, 5.41) is 14.1. The number of tetrazole rings is 1. The number of benzene rings is 1. The highest BCUT2D eigenvalue weighted by Gasteiger charge is 2.06. The van der Waals surface area contributed by atoms with Crippen LogP contribution in [0.4, 0.5) is 0 Å². The van der Waals surface area contributed by atoms with E-state index in [1.807, 2.05) is 18.2 Å². The van der Waals surface area contributed by atoms with Crippen molar-refractivity contribution in [2.75, 3.05) is 6.61 Å². The van der Waals surface area contributed by atoms with Gasteiger partial charge in [0, 0.05) is 12.2 Å². The van der Waals surface area contributed by atoms with Crippen molar-refractivity contribution in [2.24, 2.45) is 0 Å². The number of halogens is 1. The molecule has 1 aromatic heterocycles. The first-order valence-electron chi connectivity index (χ1n) is 6.37. The highest BCUT2D eigenvalue weighted by Crippen LogP contribution is 2.22. The van der Waals surface area contributed by atoms with Gasteiger partial charge >= 0.3 is 0 Å². The summed E-state index contributed by atoms with van der Waals surface area (Å²) >= 11 is 5.89. The van der Waals surface area contributed by atoms with Gasteiger partial charge in [0.05, 0.1) is 11.1 Å². The number of rotatable bonds is 1. The van der Waals surface area contributed by atoms with Gasteiger partial charge in [-0.05, 0) is 43.5 Å². The quantitative estimate of drug-likeness (QED) is 0.872. The van der Waals surface area contributed by atoms with E-state index in [9.17, 15) is 0 Å². The Labute approximate surface area is 117 Å². The van der Waals surface area contributed by atoms with Gasteiger partial charge in [0.1, 0.15) is 0 Å². The summed E-state index contributed by atoms with van der Waals surface area (Å²) in [5.41, 5.74) is 0.785. The first-order chi connectivity index (χ1) is 9.27. The molecule has 1 aromatic carbocycles. The van der Waals surface area contributed by atoms with Crippen molar-refractivity contribution >= 4 is 11.6 Å². The average Bonchev–Trinajstić information content (AvgIpc) is 2.95. The number of hydrogen-bond acceptors (Lipinski definition) is 4. The highest BCUT2D eigenvalue weighted by molar-refractivity contribution is 6.33. The molecule has 2 aromatic rings. The number of ether oxygens (including phenoxy) is 1. The van der Waals surface area contributed by atoms with E-state index in [0.29, 0.717) is 17.0 Å². The van der Waals surface area contributed by atoms with Gasteiger partial charge in [0.2, 0.25) is 5.82 Å². The fourth-order valence-corrected chi connectivity index (χ4v) is 2.04. The van der Waals surface area contributed by atoms with Crippen LogP contribution in [0.2, 0.25) is 5.02 Å². The number of nitrogens with zero attached hydrogens (tertiary/aromatic N) is 3. The van der Waals surface area contributed by atoms with Crippen molar-refractivity contribution in [3.8, 4) is 11.4 Å². The van der Waals surface area contributed by atoms with Gasteiger partial charge in [0.15, 0.2) is 0 Å². The van der Waals surface area contributed by atoms with Crippen molar-refractivity contribution in [2.45, 2.75) is 32.3 Å². The van der Waals surface area contributed by atoms with E-state index < -0.39 is 0 Å². The van der Waals surface area contributed by atoms with Crippen molar-refractivity contribution in [3.05, 3.63) is 29.3 Å². The lowest BCUT2D eigenvalue weighted by Crippen LogP contribution is -2.14. The SMILES string of the molecule is CC1CCCCO1.Clc1ccccc1-c1nn[nH]n1. The predicted molar refractivity (Wildman–Crippen MR) is 73.9 cm³/mol. The maximum atomic E-state index is 5.89. The molecule has 1 unspecified atom stereocenters. The molecule has 0 aliphatic carbocycles. The van der Waals surface area contributed by atoms with E-state index in [1.54, 1.807) is 6.07 Å². The summed E-state index contributed by atoms with van der Waals surface area (Å²) in [5.74, 6) is 0.514. The zero-order valence-electron chi connectivity index (χ0n) is 10.8. The lowest BCUT2D eigenvalue weighted by Gasteiger charge is -2.17. The first kappa shape index (κ1) is 14.0. The normalized spacial score (nSPS) is 18.5. The molecule has 0 radical (unpaired) electrons. The third-order valence-corrected chi connectivity index (χ3v) is 3.20. The van der Waals surface area contributed by atoms with Crippen LogP contribution >= 0.6 is 11.6 Å². The summed E-state index contributed by atoms with van der Waals surface area (Å²) in [6.07, 6.45) is 4.43. The second-order valence-corrected chi connectivity index (χ2v) is 4.80. The Morgan fingerprint density at radius 2 is 2.16 bits per heavy atom. The first-order valence-corrected chi connectivity index (χ1v) is 6.75. The van der Waals surface area contributed by atoms with Gasteiger partial charge in [-0.15, -0.1) is 10.2 Å². The summed E-state index contributed by atoms with van der Waals surface area (Å²) in [7, 11) is 0. The van der Waals surface area contributed by atoms with Crippen LogP contribution in [-0.2, 0) is 4.74 Å². The number of hydrogen-bond donors (Lipinski definition) is 1. The molecule has 0 saturated carbocycles. The molecule has 1 fully saturated rings. The Morgan fingerprint density at radius 1 is 1.32 bits per heavy atom. The Bertz CT molecular complexity index is 483. The van der Waals surface area contributed by atoms with Gasteiger partial charge in [-0.3, -0.25) is 0 Å². The van der Waals surface area contributed by atoms with Gasteiger partial charge in [-0.25, -0.2) is 0 Å². The molecule has 2 heterocycles. The molecular weight excluding hydrogens is 264 g/mol. The van der Waals surface area contributed by atoms with E-state index in [-0.39, 0.29) is 0 Å². The number of aromatic nitrogens is 4. The molecule has 1 aliphatic rings. The minimum Gasteiger partial charge on any atom is -0.379 e. The Balaban J connectivity index is 0.000000163. The maximum Gasteiger partial charge on any atom is 0.206 e. The van der Waals surface area contributed by atoms with E-state index in [0.717, 1.165) is 12.2 Å². The minimum atomic E-state index is 0.514. The molecule has 5 nitrogen and oxygen atoms in total. The summed E-state index contributed by atoms with van der Waals surface area (Å²) in [6.45, 7) is 3.13. The fourth-order valence-electron chi connectivity index (χ4n) is 1.82. The molecule has 6 heteroatoms. The zero-order chi connectivity index (χ0) is 13.5. The van der Waals surface area contributed by atoms with Gasteiger partial charge in [-0.1, -0.05) is 23.7 Å². The molecule has 1 atom stereocenters. The molecule has 102 valence electrons. The molecular formula is C13H17ClN4O. The largest absolute Gasteiger partial charge is 0.379 e. The lowest BCUT2D eigenvalue weighted by molar-refractivity contribution is 0.0285. The van der Waals surface area contributed by atoms with E-state index in [1.165, 1.54) is 19.3 Å². The van der Waals surface area contributed by atoms with Crippen LogP contribution in [0.15, 0.2) is 24.3 Å². The van der Waals surface area contributed by atoms with Crippen LogP contribution in [-0.4, -0.2) is 33.3 Å². The summed E-state index contributed by atoms with van der Waals surface area (Å²) in [4.78, 5) is 0. The highest BCUT2D eigenvalue weighted by atomic mass is 35.5. The van der Waals surface area contributed by atoms with Crippen LogP contribution in [0, 0.1) is 0 Å². The Kier molecular flexibility index (Phi) is 5.30. The van der Waals surface area contributed by atoms with Crippen molar-refractivity contribution in [1.82, 2.24) is 20.6 Å². The molecule has 0 amide bonds. The van der Waals surface area contributed by atoms with Gasteiger partial charge in [-0.2, -0.15) is 5.21 Å². The van der Waals surface area contributed by atoms with Crippen molar-refractivity contribution in [3.63, 3.8) is 0 Å². The zero-order valence-corrected chi connectivity index (χ0v) is 11.6. The van der Waals surface area contributed by atoms with Crippen LogP contribution in [0.3, 0.4) is 0 Å². The van der Waals surface area contributed by atoms with E-state index in [4.69, 9.17) is 16.3 Å². The van der Waals surface area contributed by atoms with Crippen LogP contribution in [0.1, 0.15) is 26.2 Å². The molecule has 0 bridgehead atoms. The van der Waals surface area contributed by atoms with Crippen molar-refractivity contribution < 1.29 is 4.74 Å². The smallest absolute Gasteiger partial charge is 0.206 e. The van der Waals surface area contributed by atoms with Gasteiger partial charge in [0.25, 0.3) is 0 Å². The van der Waals surface area contributed by atoms with Gasteiger partial charge < -0.3 is 4.74 Å². The second-order valence-electron chi connectivity index (χ2n) is 4.39. The number of aromatic amines is 1. The molecule has 1 N–H and O–H groups in total. The standard InChI is InChI=1S/C7H5ClN4.C6H12O/c8-6-4-2-1-3-5(6)7-9-11-12-10-7;1-6-4-2-3-5-7-6/h1-4H,(H,9,10,11,12);6H,2-5H2,1H3. The monoisotopic (exact) mass is 280 g/mol. The maximum absolute atomic E-state index is 5.89. The third kappa shape index (κ3) is 4.29. The fraction of sp³-hybridized carbons (Fsp3) is 0.462. The summed E-state index contributed by atoms with van der Waals surface area (Å²) < 4.78 is 5.28. The lowest BCUT2D eigenvalue weighted by atomic mass is 10.1. The predicted octanol–water partition coefficient (Wildman–Crippen LogP) is 3.10. The van der Waals surface area contributed by atoms with E-state index in [2.05, 4.69) is 27.5 Å². The topological polar surface area (TPSA) is 63.7 Å². The molecule has 1 aliphatic heterocycles. The van der Waals surface area contributed by atoms with Crippen LogP contribution < -0.4 is 0 Å². The van der Waals surface area contributed by atoms with Crippen molar-refractivity contribution in [1.29, 1.82) is 0 Å². The summed E-state index contributed by atoms with van der Waals surface area (Å²) in [6, 6.07) is 7.35. The Morgan fingerprint density at radius 3 is 2.68 bits per heavy atom. The molecule has 19 heavy (non-hydrogen) atoms. The van der Waals surface area contributed by atoms with E-state index >= 15 is 0 Å². The molecule has 3 rings (SSSR count). The molecule has 0 spiro atoms. The minimum absolute atomic E-state index is 0.514. The van der Waals surface area contributed by atoms with Crippen LogP contribution in [0.25, 0.3) is 11.4 Å². The number of nitrogens with one attached hydrogen (secondary N) is 1. The average molecular weight is 281 g/mol. The number of H-pyrrole nitrogens is 1. The van der Waals surface area contributed by atoms with Crippen LogP contribution in [0.5, 0.6) is 0 Å². The Hall–Kier alpha value is -1.46. The third-order valence-electron chi connectivity index (χ3n) is 2.87.